The summed E-state index contributed by atoms with van der Waals surface area (Å²) in [6, 6.07) is 24.3. The summed E-state index contributed by atoms with van der Waals surface area (Å²) >= 11 is 0. The van der Waals surface area contributed by atoms with Crippen molar-refractivity contribution in [3.8, 4) is 5.75 Å². The molecule has 1 aliphatic rings. The number of aromatic amines is 1. The van der Waals surface area contributed by atoms with Crippen LogP contribution in [0.2, 0.25) is 0 Å². The Labute approximate surface area is 233 Å². The summed E-state index contributed by atoms with van der Waals surface area (Å²) in [5, 5.41) is 17.1. The Morgan fingerprint density at radius 2 is 1.85 bits per heavy atom. The van der Waals surface area contributed by atoms with Gasteiger partial charge in [-0.2, -0.15) is 0 Å². The van der Waals surface area contributed by atoms with E-state index in [0.29, 0.717) is 38.8 Å². The molecule has 1 aliphatic heterocycles. The van der Waals surface area contributed by atoms with Gasteiger partial charge in [-0.15, -0.1) is 0 Å². The molecule has 208 valence electrons. The zero-order chi connectivity index (χ0) is 28.1. The van der Waals surface area contributed by atoms with E-state index in [1.807, 2.05) is 79.7 Å². The van der Waals surface area contributed by atoms with Gasteiger partial charge in [0.2, 0.25) is 5.91 Å². The molecule has 0 bridgehead atoms. The zero-order valence-corrected chi connectivity index (χ0v) is 22.7. The zero-order valence-electron chi connectivity index (χ0n) is 22.7. The average Bonchev–Trinajstić information content (AvgIpc) is 3.36. The number of rotatable bonds is 11. The lowest BCUT2D eigenvalue weighted by Crippen LogP contribution is -2.59. The molecule has 8 heteroatoms. The molecule has 0 saturated carbocycles. The molecule has 6 N–H and O–H groups in total. The molecule has 3 aromatic carbocycles. The molecule has 1 amide bonds. The van der Waals surface area contributed by atoms with Crippen molar-refractivity contribution in [1.29, 1.82) is 0 Å². The lowest BCUT2D eigenvalue weighted by molar-refractivity contribution is -0.142. The highest BCUT2D eigenvalue weighted by Crippen LogP contribution is 2.40. The number of carboxylic acids is 1. The fourth-order valence-electron chi connectivity index (χ4n) is 5.56. The Morgan fingerprint density at radius 1 is 1.07 bits per heavy atom. The molecule has 8 nitrogen and oxygen atoms in total. The minimum absolute atomic E-state index is 0.334. The monoisotopic (exact) mass is 540 g/mol. The number of carbonyl (C=O) groups is 2. The van der Waals surface area contributed by atoms with Crippen LogP contribution in [0.15, 0.2) is 78.9 Å². The molecule has 0 radical (unpaired) electrons. The molecule has 4 aromatic rings. The number of aliphatic carboxylic acids is 1. The van der Waals surface area contributed by atoms with E-state index in [9.17, 15) is 14.7 Å². The minimum atomic E-state index is -1.04. The predicted octanol–water partition coefficient (Wildman–Crippen LogP) is 4.22. The molecule has 5 rings (SSSR count). The number of amides is 1. The average molecular weight is 541 g/mol. The third-order valence-corrected chi connectivity index (χ3v) is 7.72. The van der Waals surface area contributed by atoms with Crippen molar-refractivity contribution >= 4 is 22.8 Å². The number of fused-ring (bicyclic) bond motifs is 3. The quantitative estimate of drug-likeness (QED) is 0.181. The molecule has 0 spiro atoms. The van der Waals surface area contributed by atoms with Crippen LogP contribution in [0.25, 0.3) is 10.9 Å². The van der Waals surface area contributed by atoms with Crippen LogP contribution >= 0.6 is 0 Å². The first-order valence-corrected chi connectivity index (χ1v) is 13.8. The van der Waals surface area contributed by atoms with Crippen LogP contribution in [-0.4, -0.2) is 40.6 Å². The maximum Gasteiger partial charge on any atom is 0.326 e. The number of carboxylic acid groups (broad SMARTS) is 1. The van der Waals surface area contributed by atoms with Gasteiger partial charge in [0.05, 0.1) is 11.6 Å². The Hall–Kier alpha value is -4.14. The van der Waals surface area contributed by atoms with Gasteiger partial charge >= 0.3 is 5.97 Å². The lowest BCUT2D eigenvalue weighted by Gasteiger charge is -2.40. The van der Waals surface area contributed by atoms with Crippen LogP contribution < -0.4 is 21.1 Å². The molecule has 0 saturated heterocycles. The Balaban J connectivity index is 1.46. The number of nitrogens with two attached hydrogens (primary N) is 1. The van der Waals surface area contributed by atoms with Crippen LogP contribution in [0.4, 0.5) is 0 Å². The minimum Gasteiger partial charge on any atom is -0.489 e. The van der Waals surface area contributed by atoms with Crippen LogP contribution in [0.1, 0.15) is 48.6 Å². The standard InChI is InChI=1S/C32H36N4O4/c1-32(22-12-9-13-23(18-22)40-20-21-10-3-2-4-11-21)29-25(24-14-5-6-15-26(24)34-29)19-28(36-32)30(37)35-27(31(38)39)16-7-8-17-33/h2-6,9-15,18,27-28,34,36H,7-8,16-17,19-20,33H2,1H3,(H,35,37)(H,38,39). The number of H-pyrrole nitrogens is 1. The fraction of sp³-hybridized carbons (Fsp3) is 0.312. The second-order valence-electron chi connectivity index (χ2n) is 10.5. The first kappa shape index (κ1) is 27.4. The molecule has 0 fully saturated rings. The molecule has 40 heavy (non-hydrogen) atoms. The first-order valence-electron chi connectivity index (χ1n) is 13.8. The number of nitrogens with one attached hydrogen (secondary N) is 3. The van der Waals surface area contributed by atoms with Gasteiger partial charge < -0.3 is 25.9 Å². The van der Waals surface area contributed by atoms with Gasteiger partial charge in [0.1, 0.15) is 18.4 Å². The highest BCUT2D eigenvalue weighted by atomic mass is 16.5. The number of hydrogen-bond donors (Lipinski definition) is 5. The number of aromatic nitrogens is 1. The van der Waals surface area contributed by atoms with Gasteiger partial charge in [0, 0.05) is 16.6 Å². The third-order valence-electron chi connectivity index (χ3n) is 7.72. The van der Waals surface area contributed by atoms with Crippen molar-refractivity contribution in [2.45, 2.75) is 56.8 Å². The summed E-state index contributed by atoms with van der Waals surface area (Å²) in [5.74, 6) is -0.654. The van der Waals surface area contributed by atoms with Crippen molar-refractivity contribution in [1.82, 2.24) is 15.6 Å². The summed E-state index contributed by atoms with van der Waals surface area (Å²) in [6.45, 7) is 2.98. The molecular formula is C32H36N4O4. The van der Waals surface area contributed by atoms with E-state index in [2.05, 4.69) is 21.7 Å². The van der Waals surface area contributed by atoms with Crippen molar-refractivity contribution in [2.24, 2.45) is 5.73 Å². The van der Waals surface area contributed by atoms with Crippen LogP contribution in [-0.2, 0) is 28.2 Å². The number of para-hydroxylation sites is 1. The predicted molar refractivity (Wildman–Crippen MR) is 155 cm³/mol. The fourth-order valence-corrected chi connectivity index (χ4v) is 5.56. The summed E-state index contributed by atoms with van der Waals surface area (Å²) in [6.07, 6.45) is 2.11. The summed E-state index contributed by atoms with van der Waals surface area (Å²) in [4.78, 5) is 29.1. The summed E-state index contributed by atoms with van der Waals surface area (Å²) < 4.78 is 6.12. The number of benzene rings is 3. The first-order chi connectivity index (χ1) is 19.4. The van der Waals surface area contributed by atoms with E-state index in [0.717, 1.165) is 39.0 Å². The Morgan fingerprint density at radius 3 is 2.62 bits per heavy atom. The molecule has 0 aliphatic carbocycles. The van der Waals surface area contributed by atoms with Gasteiger partial charge in [-0.05, 0) is 74.0 Å². The molecule has 3 unspecified atom stereocenters. The lowest BCUT2D eigenvalue weighted by atomic mass is 9.80. The van der Waals surface area contributed by atoms with E-state index < -0.39 is 23.6 Å². The smallest absolute Gasteiger partial charge is 0.326 e. The van der Waals surface area contributed by atoms with E-state index in [1.165, 1.54) is 0 Å². The van der Waals surface area contributed by atoms with Gasteiger partial charge in [0.15, 0.2) is 0 Å². The number of unbranched alkanes of at least 4 members (excludes halogenated alkanes) is 1. The van der Waals surface area contributed by atoms with E-state index in [4.69, 9.17) is 10.5 Å². The number of ether oxygens (including phenoxy) is 1. The van der Waals surface area contributed by atoms with Gasteiger partial charge in [0.25, 0.3) is 0 Å². The van der Waals surface area contributed by atoms with E-state index in [-0.39, 0.29) is 5.91 Å². The molecular weight excluding hydrogens is 504 g/mol. The highest BCUT2D eigenvalue weighted by Gasteiger charge is 2.42. The Kier molecular flexibility index (Phi) is 8.19. The van der Waals surface area contributed by atoms with Crippen LogP contribution in [0.3, 0.4) is 0 Å². The van der Waals surface area contributed by atoms with Crippen molar-refractivity contribution < 1.29 is 19.4 Å². The second-order valence-corrected chi connectivity index (χ2v) is 10.5. The molecule has 3 atom stereocenters. The van der Waals surface area contributed by atoms with Crippen molar-refractivity contribution in [3.05, 3.63) is 101 Å². The van der Waals surface area contributed by atoms with Crippen molar-refractivity contribution in [2.75, 3.05) is 6.54 Å². The topological polar surface area (TPSA) is 129 Å². The largest absolute Gasteiger partial charge is 0.489 e. The second kappa shape index (κ2) is 11.9. The highest BCUT2D eigenvalue weighted by molar-refractivity contribution is 5.90. The SMILES string of the molecule is CC1(c2cccc(OCc3ccccc3)c2)NC(C(=O)NC(CCCCN)C(=O)O)Cc2c1[nH]c1ccccc21. The summed E-state index contributed by atoms with van der Waals surface area (Å²) in [5.41, 5.74) is 9.83. The van der Waals surface area contributed by atoms with Crippen LogP contribution in [0.5, 0.6) is 5.75 Å². The van der Waals surface area contributed by atoms with Crippen molar-refractivity contribution in [3.63, 3.8) is 0 Å². The molecule has 1 aromatic heterocycles. The third kappa shape index (κ3) is 5.73. The van der Waals surface area contributed by atoms with Crippen LogP contribution in [0, 0.1) is 0 Å². The van der Waals surface area contributed by atoms with Gasteiger partial charge in [-0.25, -0.2) is 4.79 Å². The van der Waals surface area contributed by atoms with E-state index in [1.54, 1.807) is 0 Å². The number of carbonyl (C=O) groups excluding carboxylic acids is 1. The molecule has 2 heterocycles. The van der Waals surface area contributed by atoms with Gasteiger partial charge in [-0.3, -0.25) is 10.1 Å². The number of hydrogen-bond acceptors (Lipinski definition) is 5. The maximum atomic E-state index is 13.6. The summed E-state index contributed by atoms with van der Waals surface area (Å²) in [7, 11) is 0. The van der Waals surface area contributed by atoms with Gasteiger partial charge in [-0.1, -0.05) is 60.7 Å². The normalized spacial score (nSPS) is 19.1. The Bertz CT molecular complexity index is 1480. The van der Waals surface area contributed by atoms with E-state index >= 15 is 0 Å². The maximum absolute atomic E-state index is 13.6.